The van der Waals surface area contributed by atoms with E-state index in [0.717, 1.165) is 53.2 Å². The number of urea groups is 1. The van der Waals surface area contributed by atoms with Crippen molar-refractivity contribution >= 4 is 23.1 Å². The molecule has 1 atom stereocenters. The smallest absolute Gasteiger partial charge is 0.323 e. The van der Waals surface area contributed by atoms with Gasteiger partial charge in [-0.2, -0.15) is 0 Å². The Labute approximate surface area is 211 Å². The lowest BCUT2D eigenvalue weighted by Crippen LogP contribution is -2.38. The number of hydrogen-bond donors (Lipinski definition) is 1. The fraction of sp³-hybridized carbons (Fsp3) is 0.250. The van der Waals surface area contributed by atoms with Crippen molar-refractivity contribution < 1.29 is 18.3 Å². The summed E-state index contributed by atoms with van der Waals surface area (Å²) in [6.07, 6.45) is 6.39. The second kappa shape index (κ2) is 9.09. The number of aromatic nitrogens is 1. The first kappa shape index (κ1) is 22.8. The lowest BCUT2D eigenvalue weighted by atomic mass is 9.95. The predicted octanol–water partition coefficient (Wildman–Crippen LogP) is 6.84. The van der Waals surface area contributed by atoms with Crippen molar-refractivity contribution in [3.63, 3.8) is 0 Å². The van der Waals surface area contributed by atoms with Crippen molar-refractivity contribution in [1.29, 1.82) is 0 Å². The maximum absolute atomic E-state index is 14.5. The molecular formula is C28H25F2N3O2S. The summed E-state index contributed by atoms with van der Waals surface area (Å²) >= 11 is 1.80. The van der Waals surface area contributed by atoms with Gasteiger partial charge in [-0.1, -0.05) is 12.1 Å². The summed E-state index contributed by atoms with van der Waals surface area (Å²) in [4.78, 5) is 17.0. The number of hydrogen-bond acceptors (Lipinski definition) is 3. The number of rotatable bonds is 3. The van der Waals surface area contributed by atoms with Gasteiger partial charge in [-0.3, -0.25) is 0 Å². The highest BCUT2D eigenvalue weighted by molar-refractivity contribution is 7.15. The standard InChI is InChI=1S/C28H25F2N3O2S/c1-35-19-7-4-6-17(14-19)26-24-9-5-13-32(24)27-21(20-8-2-3-10-25(20)36-27)16-33(26)28(34)31-23-12-11-18(29)15-22(23)30/h4-7,9,11-15,26H,2-3,8,10,16H2,1H3,(H,31,34). The van der Waals surface area contributed by atoms with Crippen LogP contribution in [-0.4, -0.2) is 22.6 Å². The second-order valence-corrected chi connectivity index (χ2v) is 10.2. The fourth-order valence-corrected chi connectivity index (χ4v) is 6.73. The molecule has 6 rings (SSSR count). The van der Waals surface area contributed by atoms with E-state index in [4.69, 9.17) is 4.74 Å². The molecule has 0 bridgehead atoms. The van der Waals surface area contributed by atoms with Crippen LogP contribution in [0, 0.1) is 11.6 Å². The van der Waals surface area contributed by atoms with Crippen LogP contribution in [-0.2, 0) is 19.4 Å². The third kappa shape index (κ3) is 3.86. The van der Waals surface area contributed by atoms with Crippen LogP contribution in [0.2, 0.25) is 0 Å². The SMILES string of the molecule is COc1cccc(C2c3cccn3-c3sc4c(c3CN2C(=O)Nc2ccc(F)cc2F)CCCC4)c1. The predicted molar refractivity (Wildman–Crippen MR) is 136 cm³/mol. The molecule has 0 fully saturated rings. The largest absolute Gasteiger partial charge is 0.497 e. The minimum Gasteiger partial charge on any atom is -0.497 e. The number of methoxy groups -OCH3 is 1. The molecule has 1 unspecified atom stereocenters. The quantitative estimate of drug-likeness (QED) is 0.331. The van der Waals surface area contributed by atoms with Gasteiger partial charge in [0.15, 0.2) is 0 Å². The lowest BCUT2D eigenvalue weighted by molar-refractivity contribution is 0.194. The Hall–Kier alpha value is -3.65. The number of fused-ring (bicyclic) bond motifs is 5. The van der Waals surface area contributed by atoms with Gasteiger partial charge in [-0.15, -0.1) is 11.3 Å². The maximum atomic E-state index is 14.5. The van der Waals surface area contributed by atoms with Gasteiger partial charge in [-0.25, -0.2) is 13.6 Å². The van der Waals surface area contributed by atoms with Crippen LogP contribution in [0.25, 0.3) is 5.00 Å². The first-order valence-electron chi connectivity index (χ1n) is 12.0. The average Bonchev–Trinajstić information content (AvgIpc) is 3.47. The van der Waals surface area contributed by atoms with Crippen LogP contribution in [0.5, 0.6) is 5.75 Å². The van der Waals surface area contributed by atoms with Gasteiger partial charge in [0.05, 0.1) is 31.1 Å². The van der Waals surface area contributed by atoms with E-state index in [1.807, 2.05) is 42.6 Å². The summed E-state index contributed by atoms with van der Waals surface area (Å²) in [6.45, 7) is 0.374. The number of amides is 2. The van der Waals surface area contributed by atoms with E-state index in [1.165, 1.54) is 22.9 Å². The number of anilines is 1. The number of nitrogens with one attached hydrogen (secondary N) is 1. The molecule has 2 aromatic carbocycles. The monoisotopic (exact) mass is 505 g/mol. The number of nitrogens with zero attached hydrogens (tertiary/aromatic N) is 2. The third-order valence-electron chi connectivity index (χ3n) is 7.02. The summed E-state index contributed by atoms with van der Waals surface area (Å²) < 4.78 is 35.6. The molecular weight excluding hydrogens is 480 g/mol. The molecule has 1 aliphatic carbocycles. The fourth-order valence-electron chi connectivity index (χ4n) is 5.33. The van der Waals surface area contributed by atoms with E-state index in [-0.39, 0.29) is 5.69 Å². The van der Waals surface area contributed by atoms with Crippen LogP contribution in [0.15, 0.2) is 60.8 Å². The van der Waals surface area contributed by atoms with Crippen molar-refractivity contribution in [2.24, 2.45) is 0 Å². The highest BCUT2D eigenvalue weighted by atomic mass is 32.1. The number of carbonyl (C=O) groups excluding carboxylic acids is 1. The molecule has 0 saturated carbocycles. The molecule has 4 aromatic rings. The Morgan fingerprint density at radius 2 is 1.92 bits per heavy atom. The molecule has 1 N–H and O–H groups in total. The number of halogens is 2. The summed E-state index contributed by atoms with van der Waals surface area (Å²) in [7, 11) is 1.61. The Bertz CT molecular complexity index is 1460. The van der Waals surface area contributed by atoms with E-state index < -0.39 is 23.7 Å². The number of carbonyl (C=O) groups is 1. The molecule has 1 aliphatic heterocycles. The van der Waals surface area contributed by atoms with Gasteiger partial charge in [0, 0.05) is 22.7 Å². The zero-order valence-corrected chi connectivity index (χ0v) is 20.6. The lowest BCUT2D eigenvalue weighted by Gasteiger charge is -2.31. The van der Waals surface area contributed by atoms with Crippen molar-refractivity contribution in [1.82, 2.24) is 9.47 Å². The number of thiophene rings is 1. The van der Waals surface area contributed by atoms with Crippen molar-refractivity contribution in [2.75, 3.05) is 12.4 Å². The molecule has 184 valence electrons. The zero-order valence-electron chi connectivity index (χ0n) is 19.8. The van der Waals surface area contributed by atoms with E-state index in [1.54, 1.807) is 23.3 Å². The minimum atomic E-state index is -0.812. The first-order valence-corrected chi connectivity index (χ1v) is 12.8. The molecule has 2 aromatic heterocycles. The van der Waals surface area contributed by atoms with Crippen LogP contribution < -0.4 is 10.1 Å². The Kier molecular flexibility index (Phi) is 5.76. The van der Waals surface area contributed by atoms with Crippen molar-refractivity contribution in [3.05, 3.63) is 99.7 Å². The zero-order chi connectivity index (χ0) is 24.8. The summed E-state index contributed by atoms with van der Waals surface area (Å²) in [5.74, 6) is -0.818. The minimum absolute atomic E-state index is 0.0574. The molecule has 2 amide bonds. The Morgan fingerprint density at radius 3 is 2.75 bits per heavy atom. The maximum Gasteiger partial charge on any atom is 0.323 e. The highest BCUT2D eigenvalue weighted by Crippen LogP contribution is 2.44. The summed E-state index contributed by atoms with van der Waals surface area (Å²) in [6, 6.07) is 13.9. The molecule has 3 heterocycles. The van der Waals surface area contributed by atoms with E-state index in [9.17, 15) is 13.6 Å². The third-order valence-corrected chi connectivity index (χ3v) is 8.36. The van der Waals surface area contributed by atoms with Gasteiger partial charge < -0.3 is 19.5 Å². The second-order valence-electron chi connectivity index (χ2n) is 9.16. The van der Waals surface area contributed by atoms with E-state index in [2.05, 4.69) is 9.88 Å². The van der Waals surface area contributed by atoms with Crippen LogP contribution in [0.4, 0.5) is 19.3 Å². The van der Waals surface area contributed by atoms with E-state index >= 15 is 0 Å². The van der Waals surface area contributed by atoms with E-state index in [0.29, 0.717) is 12.3 Å². The molecule has 2 aliphatic rings. The average molecular weight is 506 g/mol. The van der Waals surface area contributed by atoms with Crippen LogP contribution in [0.1, 0.15) is 46.1 Å². The highest BCUT2D eigenvalue weighted by Gasteiger charge is 2.36. The molecule has 8 heteroatoms. The van der Waals surface area contributed by atoms with Crippen LogP contribution in [0.3, 0.4) is 0 Å². The van der Waals surface area contributed by atoms with Gasteiger partial charge in [0.2, 0.25) is 0 Å². The number of benzene rings is 2. The van der Waals surface area contributed by atoms with Gasteiger partial charge in [-0.05, 0) is 73.2 Å². The Morgan fingerprint density at radius 1 is 1.06 bits per heavy atom. The van der Waals surface area contributed by atoms with Crippen molar-refractivity contribution in [3.8, 4) is 10.8 Å². The number of aryl methyl sites for hydroxylation is 1. The normalized spacial score (nSPS) is 16.5. The summed E-state index contributed by atoms with van der Waals surface area (Å²) in [5.41, 5.74) is 4.24. The Balaban J connectivity index is 1.50. The molecule has 5 nitrogen and oxygen atoms in total. The molecule has 0 saturated heterocycles. The van der Waals surface area contributed by atoms with Gasteiger partial charge >= 0.3 is 6.03 Å². The molecule has 0 spiro atoms. The van der Waals surface area contributed by atoms with Gasteiger partial charge in [0.25, 0.3) is 0 Å². The first-order chi connectivity index (χ1) is 17.5. The topological polar surface area (TPSA) is 46.5 Å². The summed E-state index contributed by atoms with van der Waals surface area (Å²) in [5, 5.41) is 3.83. The van der Waals surface area contributed by atoms with Crippen LogP contribution >= 0.6 is 11.3 Å². The molecule has 0 radical (unpaired) electrons. The number of ether oxygens (including phenoxy) is 1. The van der Waals surface area contributed by atoms with Gasteiger partial charge in [0.1, 0.15) is 22.4 Å². The molecule has 36 heavy (non-hydrogen) atoms. The van der Waals surface area contributed by atoms with Crippen molar-refractivity contribution in [2.45, 2.75) is 38.3 Å².